The molecule has 8 nitrogen and oxygen atoms in total. The lowest BCUT2D eigenvalue weighted by atomic mass is 9.95. The summed E-state index contributed by atoms with van der Waals surface area (Å²) in [6, 6.07) is 6.89. The van der Waals surface area contributed by atoms with Gasteiger partial charge in [-0.2, -0.15) is 18.7 Å². The molecular formula is C28H31F3N6O2. The van der Waals surface area contributed by atoms with Gasteiger partial charge >= 0.3 is 12.6 Å². The summed E-state index contributed by atoms with van der Waals surface area (Å²) in [6.07, 6.45) is 8.12. The number of pyridine rings is 1. The second-order valence-corrected chi connectivity index (χ2v) is 11.1. The van der Waals surface area contributed by atoms with Crippen LogP contribution in [0.1, 0.15) is 38.5 Å². The molecule has 0 saturated carbocycles. The van der Waals surface area contributed by atoms with Crippen molar-refractivity contribution in [1.29, 1.82) is 0 Å². The van der Waals surface area contributed by atoms with Gasteiger partial charge in [-0.25, -0.2) is 4.39 Å². The number of rotatable bonds is 7. The molecule has 2 atom stereocenters. The maximum absolute atomic E-state index is 16.2. The van der Waals surface area contributed by atoms with Crippen LogP contribution in [0.3, 0.4) is 0 Å². The summed E-state index contributed by atoms with van der Waals surface area (Å²) >= 11 is 0. The summed E-state index contributed by atoms with van der Waals surface area (Å²) in [7, 11) is 0. The van der Waals surface area contributed by atoms with Crippen molar-refractivity contribution in [3.8, 4) is 23.0 Å². The zero-order valence-electron chi connectivity index (χ0n) is 21.6. The van der Waals surface area contributed by atoms with Crippen molar-refractivity contribution in [2.24, 2.45) is 0 Å². The van der Waals surface area contributed by atoms with Crippen molar-refractivity contribution in [1.82, 2.24) is 25.2 Å². The Hall–Kier alpha value is -3.18. The normalized spacial score (nSPS) is 24.1. The minimum absolute atomic E-state index is 0.0138. The Bertz CT molecular complexity index is 1370. The standard InChI is InChI=1S/C28H31F3N6O2/c29-22-23(19-5-1-2-6-21(19)39-26(30)31)32-13-20-24(22)34-27(38-16-28-9-3-11-37(28)12-4-10-28)35-25(20)36-14-17-7-8-18(15-36)33-17/h1-2,5-6,13,17-18,26,33H,3-4,7-12,14-16H2. The highest BCUT2D eigenvalue weighted by molar-refractivity contribution is 5.92. The Morgan fingerprint density at radius 3 is 2.54 bits per heavy atom. The van der Waals surface area contributed by atoms with E-state index in [-0.39, 0.29) is 34.1 Å². The van der Waals surface area contributed by atoms with Crippen LogP contribution in [0.4, 0.5) is 19.0 Å². The second kappa shape index (κ2) is 9.78. The van der Waals surface area contributed by atoms with Gasteiger partial charge in [-0.3, -0.25) is 9.88 Å². The first-order valence-electron chi connectivity index (χ1n) is 13.8. The molecule has 2 aromatic heterocycles. The molecule has 11 heteroatoms. The third kappa shape index (κ3) is 4.45. The van der Waals surface area contributed by atoms with E-state index in [1.165, 1.54) is 18.3 Å². The highest BCUT2D eigenvalue weighted by Gasteiger charge is 2.45. The van der Waals surface area contributed by atoms with Crippen LogP contribution < -0.4 is 19.7 Å². The number of fused-ring (bicyclic) bond motifs is 4. The molecule has 0 aliphatic carbocycles. The number of aromatic nitrogens is 3. The van der Waals surface area contributed by atoms with Crippen LogP contribution >= 0.6 is 0 Å². The number of benzene rings is 1. The molecule has 6 heterocycles. The van der Waals surface area contributed by atoms with Crippen LogP contribution in [0.5, 0.6) is 11.8 Å². The number of para-hydroxylation sites is 1. The van der Waals surface area contributed by atoms with Crippen molar-refractivity contribution >= 4 is 16.7 Å². The maximum Gasteiger partial charge on any atom is 0.387 e. The Labute approximate surface area is 224 Å². The van der Waals surface area contributed by atoms with Gasteiger partial charge in [-0.05, 0) is 63.7 Å². The third-order valence-electron chi connectivity index (χ3n) is 8.80. The molecule has 39 heavy (non-hydrogen) atoms. The van der Waals surface area contributed by atoms with Gasteiger partial charge in [-0.15, -0.1) is 0 Å². The summed E-state index contributed by atoms with van der Waals surface area (Å²) in [5.41, 5.74) is 0.0719. The third-order valence-corrected chi connectivity index (χ3v) is 8.80. The molecule has 4 saturated heterocycles. The van der Waals surface area contributed by atoms with E-state index in [1.54, 1.807) is 12.1 Å². The SMILES string of the molecule is Fc1c(-c2ccccc2OC(F)F)ncc2c(N3CC4CCC(C3)N4)nc(OCC34CCCN3CCC4)nc12. The zero-order valence-corrected chi connectivity index (χ0v) is 21.6. The van der Waals surface area contributed by atoms with Crippen molar-refractivity contribution in [2.75, 3.05) is 37.7 Å². The molecule has 4 aliphatic rings. The van der Waals surface area contributed by atoms with Gasteiger partial charge in [0.25, 0.3) is 0 Å². The van der Waals surface area contributed by atoms with Crippen LogP contribution in [0.15, 0.2) is 30.5 Å². The fourth-order valence-corrected chi connectivity index (χ4v) is 7.01. The minimum atomic E-state index is -3.04. The van der Waals surface area contributed by atoms with Crippen molar-refractivity contribution in [3.63, 3.8) is 0 Å². The predicted octanol–water partition coefficient (Wildman–Crippen LogP) is 4.38. The molecule has 0 radical (unpaired) electrons. The van der Waals surface area contributed by atoms with Crippen LogP contribution in [-0.4, -0.2) is 76.9 Å². The second-order valence-electron chi connectivity index (χ2n) is 11.1. The van der Waals surface area contributed by atoms with Crippen LogP contribution in [0.2, 0.25) is 0 Å². The molecule has 1 aromatic carbocycles. The topological polar surface area (TPSA) is 75.6 Å². The number of nitrogens with zero attached hydrogens (tertiary/aromatic N) is 5. The first kappa shape index (κ1) is 24.8. The van der Waals surface area contributed by atoms with Crippen molar-refractivity contribution in [3.05, 3.63) is 36.3 Å². The van der Waals surface area contributed by atoms with Gasteiger partial charge < -0.3 is 19.7 Å². The first-order valence-corrected chi connectivity index (χ1v) is 13.8. The summed E-state index contributed by atoms with van der Waals surface area (Å²) < 4.78 is 53.3. The average molecular weight is 541 g/mol. The van der Waals surface area contributed by atoms with Gasteiger partial charge in [0.15, 0.2) is 5.82 Å². The Morgan fingerprint density at radius 2 is 1.79 bits per heavy atom. The highest BCUT2D eigenvalue weighted by atomic mass is 19.3. The summed E-state index contributed by atoms with van der Waals surface area (Å²) in [5.74, 6) is -0.272. The lowest BCUT2D eigenvalue weighted by molar-refractivity contribution is -0.0494. The highest BCUT2D eigenvalue weighted by Crippen LogP contribution is 2.40. The van der Waals surface area contributed by atoms with E-state index in [4.69, 9.17) is 9.72 Å². The maximum atomic E-state index is 16.2. The van der Waals surface area contributed by atoms with Crippen LogP contribution in [0, 0.1) is 5.82 Å². The van der Waals surface area contributed by atoms with E-state index in [2.05, 4.69) is 29.8 Å². The van der Waals surface area contributed by atoms with E-state index in [1.807, 2.05) is 0 Å². The smallest absolute Gasteiger partial charge is 0.387 e. The van der Waals surface area contributed by atoms with Gasteiger partial charge in [0.1, 0.15) is 29.4 Å². The largest absolute Gasteiger partial charge is 0.461 e. The molecule has 2 unspecified atom stereocenters. The summed E-state index contributed by atoms with van der Waals surface area (Å²) in [5, 5.41) is 4.09. The molecule has 206 valence electrons. The Morgan fingerprint density at radius 1 is 1.05 bits per heavy atom. The Kier molecular flexibility index (Phi) is 6.23. The Balaban J connectivity index is 1.31. The lowest BCUT2D eigenvalue weighted by Gasteiger charge is -2.34. The number of anilines is 1. The van der Waals surface area contributed by atoms with Gasteiger partial charge in [0, 0.05) is 36.9 Å². The van der Waals surface area contributed by atoms with Crippen LogP contribution in [0.25, 0.3) is 22.2 Å². The minimum Gasteiger partial charge on any atom is -0.461 e. The van der Waals surface area contributed by atoms with E-state index >= 15 is 4.39 Å². The van der Waals surface area contributed by atoms with E-state index in [9.17, 15) is 8.78 Å². The monoisotopic (exact) mass is 540 g/mol. The van der Waals surface area contributed by atoms with Gasteiger partial charge in [0.05, 0.1) is 10.9 Å². The molecular weight excluding hydrogens is 509 g/mol. The number of nitrogens with one attached hydrogen (secondary N) is 1. The lowest BCUT2D eigenvalue weighted by Crippen LogP contribution is -2.51. The molecule has 0 amide bonds. The fraction of sp³-hybridized carbons (Fsp3) is 0.536. The van der Waals surface area contributed by atoms with Crippen molar-refractivity contribution < 1.29 is 22.6 Å². The number of hydrogen-bond acceptors (Lipinski definition) is 8. The molecule has 1 N–H and O–H groups in total. The quantitative estimate of drug-likeness (QED) is 0.474. The van der Waals surface area contributed by atoms with E-state index in [0.29, 0.717) is 29.9 Å². The predicted molar refractivity (Wildman–Crippen MR) is 140 cm³/mol. The molecule has 4 fully saturated rings. The number of halogens is 3. The molecule has 4 aliphatic heterocycles. The molecule has 0 spiro atoms. The van der Waals surface area contributed by atoms with Gasteiger partial charge in [0.2, 0.25) is 0 Å². The summed E-state index contributed by atoms with van der Waals surface area (Å²) in [4.78, 5) is 18.4. The zero-order chi connectivity index (χ0) is 26.6. The number of alkyl halides is 2. The molecule has 3 aromatic rings. The van der Waals surface area contributed by atoms with Gasteiger partial charge in [-0.1, -0.05) is 12.1 Å². The fourth-order valence-electron chi connectivity index (χ4n) is 7.01. The number of ether oxygens (including phenoxy) is 2. The summed E-state index contributed by atoms with van der Waals surface area (Å²) in [6.45, 7) is 1.04. The molecule has 7 rings (SSSR count). The number of hydrogen-bond donors (Lipinski definition) is 1. The average Bonchev–Trinajstić information content (AvgIpc) is 3.61. The molecule has 2 bridgehead atoms. The van der Waals surface area contributed by atoms with E-state index in [0.717, 1.165) is 64.7 Å². The van der Waals surface area contributed by atoms with E-state index < -0.39 is 12.4 Å². The first-order chi connectivity index (χ1) is 19.0. The number of piperazine rings is 1. The van der Waals surface area contributed by atoms with Crippen LogP contribution in [-0.2, 0) is 0 Å². The van der Waals surface area contributed by atoms with Crippen molar-refractivity contribution in [2.45, 2.75) is 62.8 Å².